The third kappa shape index (κ3) is 3.66. The number of likely N-dealkylation sites (tertiary alicyclic amines) is 1. The summed E-state index contributed by atoms with van der Waals surface area (Å²) in [5.74, 6) is 0.802. The molecule has 4 heterocycles. The fourth-order valence-electron chi connectivity index (χ4n) is 3.97. The van der Waals surface area contributed by atoms with Crippen LogP contribution >= 0.6 is 11.3 Å². The number of thiophene rings is 1. The van der Waals surface area contributed by atoms with E-state index in [0.29, 0.717) is 18.9 Å². The summed E-state index contributed by atoms with van der Waals surface area (Å²) in [7, 11) is 0. The fourth-order valence-corrected chi connectivity index (χ4v) is 4.91. The maximum absolute atomic E-state index is 12.7. The molecule has 2 aromatic heterocycles. The summed E-state index contributed by atoms with van der Waals surface area (Å²) < 4.78 is 9.04. The number of hydrogen-bond donors (Lipinski definition) is 0. The summed E-state index contributed by atoms with van der Waals surface area (Å²) in [6.07, 6.45) is 0.859. The minimum atomic E-state index is -0.534. The zero-order valence-electron chi connectivity index (χ0n) is 16.1. The summed E-state index contributed by atoms with van der Waals surface area (Å²) in [4.78, 5) is 30.1. The molecule has 0 N–H and O–H groups in total. The van der Waals surface area contributed by atoms with Crippen molar-refractivity contribution in [3.05, 3.63) is 48.4 Å². The number of aromatic nitrogens is 3. The van der Waals surface area contributed by atoms with Crippen LogP contribution in [0, 0.1) is 12.8 Å². The number of hydrogen-bond acceptors (Lipinski definition) is 6. The van der Waals surface area contributed by atoms with E-state index in [1.807, 2.05) is 25.2 Å². The lowest BCUT2D eigenvalue weighted by Crippen LogP contribution is -2.53. The third-order valence-corrected chi connectivity index (χ3v) is 6.26. The highest BCUT2D eigenvalue weighted by Crippen LogP contribution is 2.32. The van der Waals surface area contributed by atoms with Gasteiger partial charge in [0.1, 0.15) is 12.2 Å². The quantitative estimate of drug-likeness (QED) is 0.742. The minimum Gasteiger partial charge on any atom is -0.364 e. The van der Waals surface area contributed by atoms with E-state index in [2.05, 4.69) is 29.1 Å². The molecule has 146 valence electrons. The number of fused-ring (bicyclic) bond motifs is 1. The molecule has 0 aliphatic carbocycles. The van der Waals surface area contributed by atoms with E-state index in [0.717, 1.165) is 26.1 Å². The van der Waals surface area contributed by atoms with E-state index in [9.17, 15) is 9.59 Å². The van der Waals surface area contributed by atoms with Gasteiger partial charge in [-0.25, -0.2) is 4.68 Å². The molecule has 0 unspecified atom stereocenters. The van der Waals surface area contributed by atoms with Crippen LogP contribution in [0.1, 0.15) is 35.8 Å². The average molecular weight is 391 g/mol. The number of rotatable bonds is 4. The van der Waals surface area contributed by atoms with Gasteiger partial charge in [-0.1, -0.05) is 13.8 Å². The van der Waals surface area contributed by atoms with E-state index in [1.54, 1.807) is 4.57 Å². The molecule has 2 aliphatic rings. The van der Waals surface area contributed by atoms with Gasteiger partial charge in [0.25, 0.3) is 0 Å². The molecule has 1 spiro atoms. The monoisotopic (exact) mass is 390 g/mol. The van der Waals surface area contributed by atoms with Gasteiger partial charge in [0.05, 0.1) is 6.54 Å². The predicted molar refractivity (Wildman–Crippen MR) is 104 cm³/mol. The van der Waals surface area contributed by atoms with Crippen LogP contribution in [0.4, 0.5) is 0 Å². The lowest BCUT2D eigenvalue weighted by Gasteiger charge is -2.35. The first-order chi connectivity index (χ1) is 12.8. The van der Waals surface area contributed by atoms with E-state index in [4.69, 9.17) is 4.74 Å². The Morgan fingerprint density at radius 2 is 2.07 bits per heavy atom. The average Bonchev–Trinajstić information content (AvgIpc) is 3.20. The molecule has 2 aromatic rings. The molecule has 7 nitrogen and oxygen atoms in total. The Hall–Kier alpha value is -1.77. The van der Waals surface area contributed by atoms with Crippen molar-refractivity contribution in [1.29, 1.82) is 0 Å². The summed E-state index contributed by atoms with van der Waals surface area (Å²) in [5.41, 5.74) is -1.41. The summed E-state index contributed by atoms with van der Waals surface area (Å²) >= 11 is 1.82. The Balaban J connectivity index is 1.54. The first-order valence-corrected chi connectivity index (χ1v) is 10.3. The highest BCUT2D eigenvalue weighted by atomic mass is 32.1. The molecule has 0 saturated carbocycles. The van der Waals surface area contributed by atoms with Gasteiger partial charge in [0, 0.05) is 35.9 Å². The standard InChI is InChI=1S/C19H26N4O3S/c1-13(2)8-23-18(25)17(24)22-12-19(26-10-16(22)20-23)6-7-21(11-19)9-15-5-4-14(3)27-15/h4-5,13H,6-12H2,1-3H3/t19-/m0/s1. The molecular weight excluding hydrogens is 364 g/mol. The van der Waals surface area contributed by atoms with Gasteiger partial charge in [-0.2, -0.15) is 5.10 Å². The van der Waals surface area contributed by atoms with E-state index < -0.39 is 16.7 Å². The van der Waals surface area contributed by atoms with Crippen molar-refractivity contribution >= 4 is 11.3 Å². The lowest BCUT2D eigenvalue weighted by atomic mass is 10.0. The fraction of sp³-hybridized carbons (Fsp3) is 0.632. The lowest BCUT2D eigenvalue weighted by molar-refractivity contribution is -0.0859. The van der Waals surface area contributed by atoms with Gasteiger partial charge >= 0.3 is 11.1 Å². The zero-order chi connectivity index (χ0) is 19.2. The van der Waals surface area contributed by atoms with Gasteiger partial charge in [0.2, 0.25) is 0 Å². The Morgan fingerprint density at radius 1 is 1.26 bits per heavy atom. The summed E-state index contributed by atoms with van der Waals surface area (Å²) in [6, 6.07) is 4.32. The number of nitrogens with zero attached hydrogens (tertiary/aromatic N) is 4. The van der Waals surface area contributed by atoms with Crippen LogP contribution in [0.15, 0.2) is 21.7 Å². The zero-order valence-corrected chi connectivity index (χ0v) is 16.9. The van der Waals surface area contributed by atoms with Crippen molar-refractivity contribution < 1.29 is 4.74 Å². The molecule has 0 bridgehead atoms. The van der Waals surface area contributed by atoms with Gasteiger partial charge < -0.3 is 4.74 Å². The van der Waals surface area contributed by atoms with Crippen molar-refractivity contribution in [2.45, 2.75) is 59.0 Å². The smallest absolute Gasteiger partial charge is 0.332 e. The Labute approximate surface area is 162 Å². The SMILES string of the molecule is Cc1ccc(CN2CC[C@]3(C2)Cn2c(nn(CC(C)C)c(=O)c2=O)CO3)s1. The maximum atomic E-state index is 12.7. The molecule has 27 heavy (non-hydrogen) atoms. The van der Waals surface area contributed by atoms with Crippen LogP contribution in [0.2, 0.25) is 0 Å². The Bertz CT molecular complexity index is 961. The van der Waals surface area contributed by atoms with Crippen LogP contribution in [0.3, 0.4) is 0 Å². The summed E-state index contributed by atoms with van der Waals surface area (Å²) in [6.45, 7) is 9.85. The normalized spacial score (nSPS) is 22.7. The van der Waals surface area contributed by atoms with Crippen molar-refractivity contribution in [3.8, 4) is 0 Å². The number of aryl methyl sites for hydroxylation is 1. The van der Waals surface area contributed by atoms with Crippen LogP contribution in [-0.4, -0.2) is 37.9 Å². The first kappa shape index (κ1) is 18.6. The molecule has 1 saturated heterocycles. The van der Waals surface area contributed by atoms with Crippen LogP contribution < -0.4 is 11.1 Å². The Kier molecular flexibility index (Phi) is 4.82. The highest BCUT2D eigenvalue weighted by molar-refractivity contribution is 7.11. The van der Waals surface area contributed by atoms with Crippen molar-refractivity contribution in [1.82, 2.24) is 19.2 Å². The van der Waals surface area contributed by atoms with Crippen LogP contribution in [0.25, 0.3) is 0 Å². The molecule has 2 aliphatic heterocycles. The van der Waals surface area contributed by atoms with Crippen LogP contribution in [-0.2, 0) is 31.0 Å². The van der Waals surface area contributed by atoms with Gasteiger partial charge in [-0.3, -0.25) is 19.1 Å². The molecular formula is C19H26N4O3S. The predicted octanol–water partition coefficient (Wildman–Crippen LogP) is 1.61. The second-order valence-electron chi connectivity index (χ2n) is 8.13. The minimum absolute atomic E-state index is 0.248. The largest absolute Gasteiger partial charge is 0.364 e. The second-order valence-corrected chi connectivity index (χ2v) is 9.51. The molecule has 8 heteroatoms. The van der Waals surface area contributed by atoms with Gasteiger partial charge in [-0.05, 0) is 31.4 Å². The molecule has 0 aromatic carbocycles. The van der Waals surface area contributed by atoms with Crippen molar-refractivity contribution in [3.63, 3.8) is 0 Å². The van der Waals surface area contributed by atoms with Gasteiger partial charge in [0.15, 0.2) is 5.82 Å². The first-order valence-electron chi connectivity index (χ1n) is 9.48. The van der Waals surface area contributed by atoms with E-state index in [1.165, 1.54) is 14.4 Å². The van der Waals surface area contributed by atoms with Crippen LogP contribution in [0.5, 0.6) is 0 Å². The molecule has 4 rings (SSSR count). The maximum Gasteiger partial charge on any atom is 0.332 e. The molecule has 0 amide bonds. The van der Waals surface area contributed by atoms with Crippen molar-refractivity contribution in [2.24, 2.45) is 5.92 Å². The Morgan fingerprint density at radius 3 is 2.78 bits per heavy atom. The molecule has 1 atom stereocenters. The molecule has 1 fully saturated rings. The topological polar surface area (TPSA) is 69.4 Å². The van der Waals surface area contributed by atoms with Crippen molar-refractivity contribution in [2.75, 3.05) is 13.1 Å². The molecule has 0 radical (unpaired) electrons. The van der Waals surface area contributed by atoms with E-state index in [-0.39, 0.29) is 12.5 Å². The van der Waals surface area contributed by atoms with Gasteiger partial charge in [-0.15, -0.1) is 11.3 Å². The summed E-state index contributed by atoms with van der Waals surface area (Å²) in [5, 5.41) is 4.39. The second kappa shape index (κ2) is 7.00. The van der Waals surface area contributed by atoms with E-state index >= 15 is 0 Å². The number of ether oxygens (including phenoxy) is 1. The third-order valence-electron chi connectivity index (χ3n) is 5.27. The highest BCUT2D eigenvalue weighted by Gasteiger charge is 2.43.